The van der Waals surface area contributed by atoms with E-state index in [0.29, 0.717) is 6.54 Å². The smallest absolute Gasteiger partial charge is 0.231 e. The van der Waals surface area contributed by atoms with Gasteiger partial charge in [0.2, 0.25) is 6.79 Å². The number of nitrogens with zero attached hydrogens (tertiary/aromatic N) is 2. The Morgan fingerprint density at radius 3 is 2.78 bits per heavy atom. The molecule has 1 aliphatic heterocycles. The lowest BCUT2D eigenvalue weighted by Gasteiger charge is -2.09. The highest BCUT2D eigenvalue weighted by molar-refractivity contribution is 5.84. The predicted molar refractivity (Wildman–Crippen MR) is 89.7 cm³/mol. The number of nitrogens with two attached hydrogens (primary N) is 1. The first-order valence-corrected chi connectivity index (χ1v) is 7.83. The van der Waals surface area contributed by atoms with E-state index in [9.17, 15) is 0 Å². The normalized spacial score (nSPS) is 13.0. The molecule has 5 heteroatoms. The SMILES string of the molecule is Cc1cccc(-c2nc3cc4c(cc3n2CCCN)OCO4)c1. The van der Waals surface area contributed by atoms with Crippen LogP contribution in [0.3, 0.4) is 0 Å². The summed E-state index contributed by atoms with van der Waals surface area (Å²) in [5.74, 6) is 2.50. The van der Waals surface area contributed by atoms with Gasteiger partial charge < -0.3 is 19.8 Å². The van der Waals surface area contributed by atoms with Crippen LogP contribution in [0, 0.1) is 6.92 Å². The highest BCUT2D eigenvalue weighted by atomic mass is 16.7. The van der Waals surface area contributed by atoms with Crippen molar-refractivity contribution in [1.82, 2.24) is 9.55 Å². The Bertz CT molecular complexity index is 870. The van der Waals surface area contributed by atoms with Crippen LogP contribution in [0.1, 0.15) is 12.0 Å². The van der Waals surface area contributed by atoms with E-state index in [0.717, 1.165) is 46.9 Å². The third-order valence-corrected chi connectivity index (χ3v) is 4.10. The van der Waals surface area contributed by atoms with Gasteiger partial charge in [-0.2, -0.15) is 0 Å². The van der Waals surface area contributed by atoms with Gasteiger partial charge in [-0.05, 0) is 26.0 Å². The molecule has 0 fully saturated rings. The fourth-order valence-electron chi connectivity index (χ4n) is 3.00. The molecule has 0 amide bonds. The van der Waals surface area contributed by atoms with Gasteiger partial charge in [-0.25, -0.2) is 4.98 Å². The van der Waals surface area contributed by atoms with Gasteiger partial charge >= 0.3 is 0 Å². The number of aryl methyl sites for hydroxylation is 2. The Balaban J connectivity index is 1.92. The zero-order valence-electron chi connectivity index (χ0n) is 13.1. The summed E-state index contributed by atoms with van der Waals surface area (Å²) in [4.78, 5) is 4.84. The van der Waals surface area contributed by atoms with Gasteiger partial charge in [-0.1, -0.05) is 23.8 Å². The third-order valence-electron chi connectivity index (χ3n) is 4.10. The van der Waals surface area contributed by atoms with Crippen LogP contribution in [0.15, 0.2) is 36.4 Å². The summed E-state index contributed by atoms with van der Waals surface area (Å²) in [7, 11) is 0. The largest absolute Gasteiger partial charge is 0.454 e. The molecule has 0 saturated carbocycles. The number of fused-ring (bicyclic) bond motifs is 2. The van der Waals surface area contributed by atoms with Gasteiger partial charge in [-0.15, -0.1) is 0 Å². The molecule has 0 spiro atoms. The minimum atomic E-state index is 0.273. The molecular weight excluding hydrogens is 290 g/mol. The number of hydrogen-bond acceptors (Lipinski definition) is 4. The van der Waals surface area contributed by atoms with Crippen LogP contribution in [0.4, 0.5) is 0 Å². The standard InChI is InChI=1S/C18H19N3O2/c1-12-4-2-5-13(8-12)18-20-14-9-16-17(23-11-22-16)10-15(14)21(18)7-3-6-19/h2,4-5,8-10H,3,6-7,11,19H2,1H3. The molecule has 4 rings (SSSR count). The average molecular weight is 309 g/mol. The number of benzene rings is 2. The summed E-state index contributed by atoms with van der Waals surface area (Å²) < 4.78 is 13.2. The molecular formula is C18H19N3O2. The van der Waals surface area contributed by atoms with Crippen molar-refractivity contribution < 1.29 is 9.47 Å². The van der Waals surface area contributed by atoms with Crippen molar-refractivity contribution in [3.05, 3.63) is 42.0 Å². The first kappa shape index (κ1) is 14.1. The fourth-order valence-corrected chi connectivity index (χ4v) is 3.00. The molecule has 1 aliphatic rings. The minimum absolute atomic E-state index is 0.273. The molecule has 0 atom stereocenters. The maximum atomic E-state index is 5.71. The molecule has 0 bridgehead atoms. The molecule has 0 aliphatic carbocycles. The van der Waals surface area contributed by atoms with Crippen molar-refractivity contribution in [3.8, 4) is 22.9 Å². The van der Waals surface area contributed by atoms with Crippen molar-refractivity contribution in [3.63, 3.8) is 0 Å². The lowest BCUT2D eigenvalue weighted by Crippen LogP contribution is -2.07. The molecule has 1 aromatic heterocycles. The van der Waals surface area contributed by atoms with E-state index in [1.807, 2.05) is 12.1 Å². The van der Waals surface area contributed by atoms with E-state index in [2.05, 4.69) is 35.8 Å². The highest BCUT2D eigenvalue weighted by Gasteiger charge is 2.19. The van der Waals surface area contributed by atoms with E-state index in [1.165, 1.54) is 5.56 Å². The van der Waals surface area contributed by atoms with Crippen LogP contribution in [-0.2, 0) is 6.54 Å². The lowest BCUT2D eigenvalue weighted by molar-refractivity contribution is 0.174. The van der Waals surface area contributed by atoms with E-state index in [-0.39, 0.29) is 6.79 Å². The molecule has 2 heterocycles. The Morgan fingerprint density at radius 2 is 2.00 bits per heavy atom. The molecule has 3 aromatic rings. The van der Waals surface area contributed by atoms with Crippen LogP contribution in [0.25, 0.3) is 22.4 Å². The second-order valence-electron chi connectivity index (χ2n) is 5.79. The van der Waals surface area contributed by atoms with E-state index in [1.54, 1.807) is 0 Å². The summed E-state index contributed by atoms with van der Waals surface area (Å²) in [6.45, 7) is 3.84. The molecule has 2 aromatic carbocycles. The highest BCUT2D eigenvalue weighted by Crippen LogP contribution is 2.37. The van der Waals surface area contributed by atoms with E-state index < -0.39 is 0 Å². The Labute approximate surface area is 134 Å². The van der Waals surface area contributed by atoms with Gasteiger partial charge in [-0.3, -0.25) is 0 Å². The Hall–Kier alpha value is -2.53. The molecule has 2 N–H and O–H groups in total. The summed E-state index contributed by atoms with van der Waals surface area (Å²) in [5, 5.41) is 0. The van der Waals surface area contributed by atoms with Gasteiger partial charge in [0.15, 0.2) is 11.5 Å². The van der Waals surface area contributed by atoms with Crippen LogP contribution in [-0.4, -0.2) is 22.9 Å². The van der Waals surface area contributed by atoms with Gasteiger partial charge in [0, 0.05) is 24.2 Å². The maximum absolute atomic E-state index is 5.71. The minimum Gasteiger partial charge on any atom is -0.454 e. The molecule has 23 heavy (non-hydrogen) atoms. The molecule has 5 nitrogen and oxygen atoms in total. The molecule has 0 radical (unpaired) electrons. The average Bonchev–Trinajstić information content (AvgIpc) is 3.14. The maximum Gasteiger partial charge on any atom is 0.231 e. The fraction of sp³-hybridized carbons (Fsp3) is 0.278. The molecule has 118 valence electrons. The predicted octanol–water partition coefficient (Wildman–Crippen LogP) is 3.09. The molecule has 0 unspecified atom stereocenters. The monoisotopic (exact) mass is 309 g/mol. The number of aromatic nitrogens is 2. The first-order valence-electron chi connectivity index (χ1n) is 7.83. The quantitative estimate of drug-likeness (QED) is 0.804. The van der Waals surface area contributed by atoms with Gasteiger partial charge in [0.1, 0.15) is 5.82 Å². The van der Waals surface area contributed by atoms with Crippen LogP contribution >= 0.6 is 0 Å². The Morgan fingerprint density at radius 1 is 1.17 bits per heavy atom. The number of ether oxygens (including phenoxy) is 2. The van der Waals surface area contributed by atoms with E-state index in [4.69, 9.17) is 20.2 Å². The molecule has 0 saturated heterocycles. The van der Waals surface area contributed by atoms with Gasteiger partial charge in [0.25, 0.3) is 0 Å². The summed E-state index contributed by atoms with van der Waals surface area (Å²) in [6, 6.07) is 12.4. The number of hydrogen-bond donors (Lipinski definition) is 1. The van der Waals surface area contributed by atoms with Crippen molar-refractivity contribution in [2.75, 3.05) is 13.3 Å². The van der Waals surface area contributed by atoms with Crippen molar-refractivity contribution in [2.45, 2.75) is 19.9 Å². The van der Waals surface area contributed by atoms with Crippen molar-refractivity contribution in [1.29, 1.82) is 0 Å². The van der Waals surface area contributed by atoms with Crippen molar-refractivity contribution >= 4 is 11.0 Å². The third kappa shape index (κ3) is 2.43. The second-order valence-corrected chi connectivity index (χ2v) is 5.79. The Kier molecular flexibility index (Phi) is 3.42. The van der Waals surface area contributed by atoms with Gasteiger partial charge in [0.05, 0.1) is 11.0 Å². The summed E-state index contributed by atoms with van der Waals surface area (Å²) in [6.07, 6.45) is 0.902. The topological polar surface area (TPSA) is 62.3 Å². The number of rotatable bonds is 4. The van der Waals surface area contributed by atoms with Crippen molar-refractivity contribution in [2.24, 2.45) is 5.73 Å². The summed E-state index contributed by atoms with van der Waals surface area (Å²) >= 11 is 0. The number of imidazole rings is 1. The zero-order valence-corrected chi connectivity index (χ0v) is 13.1. The first-order chi connectivity index (χ1) is 11.3. The van der Waals surface area contributed by atoms with Crippen LogP contribution < -0.4 is 15.2 Å². The lowest BCUT2D eigenvalue weighted by atomic mass is 10.1. The van der Waals surface area contributed by atoms with Crippen LogP contribution in [0.5, 0.6) is 11.5 Å². The van der Waals surface area contributed by atoms with E-state index >= 15 is 0 Å². The van der Waals surface area contributed by atoms with Crippen LogP contribution in [0.2, 0.25) is 0 Å². The summed E-state index contributed by atoms with van der Waals surface area (Å²) in [5.41, 5.74) is 10.0. The zero-order chi connectivity index (χ0) is 15.8. The second kappa shape index (κ2) is 5.59.